The Morgan fingerprint density at radius 3 is 1.72 bits per heavy atom. The average Bonchev–Trinajstić information content (AvgIpc) is 3.24. The van der Waals surface area contributed by atoms with Crippen LogP contribution in [0, 0.1) is 0 Å². The van der Waals surface area contributed by atoms with Gasteiger partial charge in [-0.3, -0.25) is 4.98 Å². The van der Waals surface area contributed by atoms with Gasteiger partial charge < -0.3 is 0 Å². The van der Waals surface area contributed by atoms with Gasteiger partial charge in [-0.2, -0.15) is 0 Å². The molecule has 3 aromatic heterocycles. The van der Waals surface area contributed by atoms with Crippen molar-refractivity contribution in [2.75, 3.05) is 0 Å². The molecule has 8 aromatic carbocycles. The molecule has 11 rings (SSSR count). The van der Waals surface area contributed by atoms with Crippen molar-refractivity contribution in [3.05, 3.63) is 188 Å². The molecule has 3 heterocycles. The van der Waals surface area contributed by atoms with Crippen molar-refractivity contribution >= 4 is 65.2 Å². The minimum atomic E-state index is 0.918. The molecule has 0 aliphatic rings. The van der Waals surface area contributed by atoms with Crippen molar-refractivity contribution in [2.45, 2.75) is 0 Å². The molecule has 0 radical (unpaired) electrons. The predicted molar refractivity (Wildman–Crippen MR) is 227 cm³/mol. The number of rotatable bonds is 4. The summed E-state index contributed by atoms with van der Waals surface area (Å²) >= 11 is 0. The summed E-state index contributed by atoms with van der Waals surface area (Å²) in [5.74, 6) is 0. The van der Waals surface area contributed by atoms with Crippen molar-refractivity contribution in [2.24, 2.45) is 0 Å². The SMILES string of the molecule is c1ccc(-c2c3ccccc3nc3c2ccc2ccc(-c4ccc5cc6cc(-c7ccc(-c8ccc9ncccc9c8)cc7)ccc6cc5c4)nc23)cc1. The Morgan fingerprint density at radius 2 is 0.926 bits per heavy atom. The molecule has 0 atom stereocenters. The number of benzene rings is 8. The highest BCUT2D eigenvalue weighted by Crippen LogP contribution is 2.38. The molecule has 0 bridgehead atoms. The molecule has 54 heavy (non-hydrogen) atoms. The van der Waals surface area contributed by atoms with Crippen molar-refractivity contribution in [3.8, 4) is 44.6 Å². The zero-order chi connectivity index (χ0) is 35.6. The first-order valence-electron chi connectivity index (χ1n) is 18.3. The first kappa shape index (κ1) is 30.4. The van der Waals surface area contributed by atoms with Gasteiger partial charge in [0.05, 0.1) is 27.8 Å². The quantitative estimate of drug-likeness (QED) is 0.137. The molecule has 0 amide bonds. The zero-order valence-electron chi connectivity index (χ0n) is 29.2. The monoisotopic (exact) mass is 685 g/mol. The summed E-state index contributed by atoms with van der Waals surface area (Å²) in [6.07, 6.45) is 1.84. The molecule has 0 saturated heterocycles. The van der Waals surface area contributed by atoms with E-state index in [4.69, 9.17) is 9.97 Å². The first-order valence-corrected chi connectivity index (χ1v) is 18.3. The second kappa shape index (κ2) is 12.2. The lowest BCUT2D eigenvalue weighted by molar-refractivity contribution is 1.40. The predicted octanol–water partition coefficient (Wildman–Crippen LogP) is 13.5. The van der Waals surface area contributed by atoms with E-state index in [0.29, 0.717) is 0 Å². The average molecular weight is 686 g/mol. The molecule has 0 fully saturated rings. The van der Waals surface area contributed by atoms with Crippen LogP contribution in [-0.4, -0.2) is 15.0 Å². The third-order valence-electron chi connectivity index (χ3n) is 10.8. The smallest absolute Gasteiger partial charge is 0.0978 e. The molecular formula is C51H31N3. The van der Waals surface area contributed by atoms with E-state index in [2.05, 4.69) is 181 Å². The van der Waals surface area contributed by atoms with Gasteiger partial charge in [0.25, 0.3) is 0 Å². The van der Waals surface area contributed by atoms with Gasteiger partial charge in [-0.25, -0.2) is 9.97 Å². The van der Waals surface area contributed by atoms with Gasteiger partial charge in [0, 0.05) is 38.9 Å². The third-order valence-corrected chi connectivity index (χ3v) is 10.8. The molecule has 0 unspecified atom stereocenters. The molecule has 3 nitrogen and oxygen atoms in total. The topological polar surface area (TPSA) is 38.7 Å². The fourth-order valence-corrected chi connectivity index (χ4v) is 8.06. The number of fused-ring (bicyclic) bond motifs is 7. The molecule has 11 aromatic rings. The Kier molecular flexibility index (Phi) is 6.86. The minimum Gasteiger partial charge on any atom is -0.256 e. The van der Waals surface area contributed by atoms with E-state index >= 15 is 0 Å². The number of para-hydroxylation sites is 1. The van der Waals surface area contributed by atoms with Crippen LogP contribution in [0.4, 0.5) is 0 Å². The van der Waals surface area contributed by atoms with Crippen LogP contribution >= 0.6 is 0 Å². The normalized spacial score (nSPS) is 11.7. The Bertz CT molecular complexity index is 3260. The molecular weight excluding hydrogens is 655 g/mol. The highest BCUT2D eigenvalue weighted by molar-refractivity contribution is 6.16. The first-order chi connectivity index (χ1) is 26.7. The van der Waals surface area contributed by atoms with Gasteiger partial charge in [-0.1, -0.05) is 127 Å². The summed E-state index contributed by atoms with van der Waals surface area (Å²) in [5, 5.41) is 9.33. The van der Waals surface area contributed by atoms with Crippen LogP contribution in [0.2, 0.25) is 0 Å². The van der Waals surface area contributed by atoms with Crippen LogP contribution < -0.4 is 0 Å². The highest BCUT2D eigenvalue weighted by Gasteiger charge is 2.15. The molecule has 0 aliphatic heterocycles. The molecule has 0 spiro atoms. The van der Waals surface area contributed by atoms with Gasteiger partial charge >= 0.3 is 0 Å². The fourth-order valence-electron chi connectivity index (χ4n) is 8.06. The second-order valence-corrected chi connectivity index (χ2v) is 14.1. The summed E-state index contributed by atoms with van der Waals surface area (Å²) in [7, 11) is 0. The van der Waals surface area contributed by atoms with Crippen LogP contribution in [0.25, 0.3) is 110 Å². The van der Waals surface area contributed by atoms with Crippen molar-refractivity contribution in [1.29, 1.82) is 0 Å². The summed E-state index contributed by atoms with van der Waals surface area (Å²) in [6.45, 7) is 0. The van der Waals surface area contributed by atoms with Crippen LogP contribution in [0.5, 0.6) is 0 Å². The maximum Gasteiger partial charge on any atom is 0.0978 e. The number of hydrogen-bond acceptors (Lipinski definition) is 3. The van der Waals surface area contributed by atoms with E-state index in [0.717, 1.165) is 54.9 Å². The van der Waals surface area contributed by atoms with Gasteiger partial charge in [0.15, 0.2) is 0 Å². The van der Waals surface area contributed by atoms with Gasteiger partial charge in [0.1, 0.15) is 0 Å². The van der Waals surface area contributed by atoms with E-state index in [1.807, 2.05) is 12.3 Å². The minimum absolute atomic E-state index is 0.918. The maximum atomic E-state index is 5.30. The van der Waals surface area contributed by atoms with Gasteiger partial charge in [0.2, 0.25) is 0 Å². The fraction of sp³-hybridized carbons (Fsp3) is 0. The van der Waals surface area contributed by atoms with Crippen molar-refractivity contribution < 1.29 is 0 Å². The van der Waals surface area contributed by atoms with Crippen LogP contribution in [0.3, 0.4) is 0 Å². The summed E-state index contributed by atoms with van der Waals surface area (Å²) in [6, 6.07) is 65.2. The number of pyridine rings is 3. The summed E-state index contributed by atoms with van der Waals surface area (Å²) < 4.78 is 0. The van der Waals surface area contributed by atoms with Gasteiger partial charge in [-0.15, -0.1) is 0 Å². The molecule has 3 heteroatoms. The van der Waals surface area contributed by atoms with E-state index < -0.39 is 0 Å². The van der Waals surface area contributed by atoms with Crippen molar-refractivity contribution in [1.82, 2.24) is 15.0 Å². The number of nitrogens with zero attached hydrogens (tertiary/aromatic N) is 3. The van der Waals surface area contributed by atoms with E-state index in [1.54, 1.807) is 0 Å². The molecule has 0 N–H and O–H groups in total. The largest absolute Gasteiger partial charge is 0.256 e. The second-order valence-electron chi connectivity index (χ2n) is 14.1. The molecule has 0 saturated carbocycles. The standard InChI is InChI=1S/C51H31N3/c1-2-7-34(8-3-1)49-44-10-4-5-11-48(44)54-51-45(49)23-20-35-21-25-47(53-50(35)51)41-19-18-39-29-42-28-36(16-17-38(42)30-43(39)31-41)32-12-14-33(15-13-32)37-22-24-46-40(27-37)9-6-26-52-46/h1-31H. The Labute approximate surface area is 311 Å². The van der Waals surface area contributed by atoms with E-state index in [9.17, 15) is 0 Å². The maximum absolute atomic E-state index is 5.30. The summed E-state index contributed by atoms with van der Waals surface area (Å²) in [5.41, 5.74) is 13.0. The van der Waals surface area contributed by atoms with Gasteiger partial charge in [-0.05, 0) is 104 Å². The Morgan fingerprint density at radius 1 is 0.296 bits per heavy atom. The van der Waals surface area contributed by atoms with Crippen LogP contribution in [0.1, 0.15) is 0 Å². The Hall–Kier alpha value is -7.23. The molecule has 250 valence electrons. The zero-order valence-corrected chi connectivity index (χ0v) is 29.2. The van der Waals surface area contributed by atoms with Crippen molar-refractivity contribution in [3.63, 3.8) is 0 Å². The molecule has 0 aliphatic carbocycles. The van der Waals surface area contributed by atoms with Crippen LogP contribution in [-0.2, 0) is 0 Å². The Balaban J connectivity index is 0.956. The van der Waals surface area contributed by atoms with E-state index in [-0.39, 0.29) is 0 Å². The number of aromatic nitrogens is 3. The van der Waals surface area contributed by atoms with Crippen LogP contribution in [0.15, 0.2) is 188 Å². The lowest BCUT2D eigenvalue weighted by atomic mass is 9.95. The highest BCUT2D eigenvalue weighted by atomic mass is 14.8. The van der Waals surface area contributed by atoms with E-state index in [1.165, 1.54) is 54.9 Å². The number of hydrogen-bond donors (Lipinski definition) is 0. The lowest BCUT2D eigenvalue weighted by Crippen LogP contribution is -1.93. The summed E-state index contributed by atoms with van der Waals surface area (Å²) in [4.78, 5) is 15.0. The third kappa shape index (κ3) is 5.09. The lowest BCUT2D eigenvalue weighted by Gasteiger charge is -2.13.